The quantitative estimate of drug-likeness (QED) is 0.422. The van der Waals surface area contributed by atoms with Crippen molar-refractivity contribution in [2.75, 3.05) is 39.6 Å². The van der Waals surface area contributed by atoms with Crippen LogP contribution in [0.4, 0.5) is 0 Å². The highest BCUT2D eigenvalue weighted by Crippen LogP contribution is 2.01. The van der Waals surface area contributed by atoms with Gasteiger partial charge in [0.05, 0.1) is 26.4 Å². The molecule has 5 nitrogen and oxygen atoms in total. The molecule has 27 heavy (non-hydrogen) atoms. The third-order valence-electron chi connectivity index (χ3n) is 4.73. The van der Waals surface area contributed by atoms with E-state index < -0.39 is 0 Å². The fourth-order valence-corrected chi connectivity index (χ4v) is 2.63. The summed E-state index contributed by atoms with van der Waals surface area (Å²) in [7, 11) is 0. The van der Waals surface area contributed by atoms with Crippen LogP contribution < -0.4 is 9.13 Å². The lowest BCUT2D eigenvalue weighted by atomic mass is 10.2. The van der Waals surface area contributed by atoms with Gasteiger partial charge in [-0.05, 0) is 38.8 Å². The number of hydrogen-bond donors (Lipinski definition) is 0. The van der Waals surface area contributed by atoms with Crippen molar-refractivity contribution >= 4 is 0 Å². The predicted octanol–water partition coefficient (Wildman–Crippen LogP) is 2.25. The Kier molecular flexibility index (Phi) is 9.39. The maximum Gasteiger partial charge on any atom is 0.172 e. The number of hydrogen-bond acceptors (Lipinski definition) is 3. The van der Waals surface area contributed by atoms with Crippen LogP contribution in [0.3, 0.4) is 0 Å². The smallest absolute Gasteiger partial charge is 0.172 e. The highest BCUT2D eigenvalue weighted by atomic mass is 16.5. The van der Waals surface area contributed by atoms with Gasteiger partial charge in [0.2, 0.25) is 0 Å². The first-order valence-corrected chi connectivity index (χ1v) is 9.72. The van der Waals surface area contributed by atoms with E-state index in [9.17, 15) is 0 Å². The zero-order valence-corrected chi connectivity index (χ0v) is 17.2. The summed E-state index contributed by atoms with van der Waals surface area (Å²) in [6.45, 7) is 14.1. The van der Waals surface area contributed by atoms with Crippen LogP contribution >= 0.6 is 0 Å². The molecule has 0 bridgehead atoms. The molecule has 0 unspecified atom stereocenters. The summed E-state index contributed by atoms with van der Waals surface area (Å²) < 4.78 is 21.1. The van der Waals surface area contributed by atoms with Crippen molar-refractivity contribution in [3.05, 3.63) is 59.2 Å². The fourth-order valence-electron chi connectivity index (χ4n) is 2.63. The summed E-state index contributed by atoms with van der Waals surface area (Å²) >= 11 is 0. The van der Waals surface area contributed by atoms with Gasteiger partial charge in [-0.15, -0.1) is 0 Å². The van der Waals surface area contributed by atoms with E-state index in [1.807, 2.05) is 0 Å². The second-order valence-corrected chi connectivity index (χ2v) is 6.93. The molecule has 5 heteroatoms. The van der Waals surface area contributed by atoms with E-state index in [1.54, 1.807) is 0 Å². The Hall–Kier alpha value is -1.82. The Morgan fingerprint density at radius 2 is 0.926 bits per heavy atom. The van der Waals surface area contributed by atoms with Crippen molar-refractivity contribution < 1.29 is 23.3 Å². The minimum atomic E-state index is 0.604. The topological polar surface area (TPSA) is 35.5 Å². The molecule has 0 saturated carbocycles. The largest absolute Gasteiger partial charge is 0.377 e. The van der Waals surface area contributed by atoms with Crippen molar-refractivity contribution in [1.29, 1.82) is 0 Å². The Bertz CT molecular complexity index is 644. The van der Waals surface area contributed by atoms with Crippen molar-refractivity contribution in [2.24, 2.45) is 0 Å². The number of pyridine rings is 2. The van der Waals surface area contributed by atoms with Gasteiger partial charge in [0.1, 0.15) is 13.2 Å². The number of aromatic nitrogens is 2. The summed E-state index contributed by atoms with van der Waals surface area (Å²) in [5.74, 6) is 0. The van der Waals surface area contributed by atoms with Crippen LogP contribution in [0.2, 0.25) is 0 Å². The molecule has 0 aliphatic heterocycles. The lowest BCUT2D eigenvalue weighted by Crippen LogP contribution is -2.36. The Labute approximate surface area is 163 Å². The van der Waals surface area contributed by atoms with Crippen LogP contribution in [-0.2, 0) is 27.3 Å². The molecule has 0 aromatic carbocycles. The van der Waals surface area contributed by atoms with E-state index in [0.717, 1.165) is 13.1 Å². The first kappa shape index (κ1) is 21.5. The van der Waals surface area contributed by atoms with Gasteiger partial charge in [0.15, 0.2) is 37.9 Å². The molecule has 2 rings (SSSR count). The van der Waals surface area contributed by atoms with Gasteiger partial charge in [-0.1, -0.05) is 0 Å². The van der Waals surface area contributed by atoms with Crippen molar-refractivity contribution in [2.45, 2.75) is 40.8 Å². The third kappa shape index (κ3) is 8.16. The summed E-state index contributed by atoms with van der Waals surface area (Å²) in [6, 6.07) is 4.27. The van der Waals surface area contributed by atoms with Gasteiger partial charge in [0.25, 0.3) is 0 Å². The molecule has 0 aliphatic carbocycles. The zero-order chi connectivity index (χ0) is 19.5. The highest BCUT2D eigenvalue weighted by Gasteiger charge is 2.04. The van der Waals surface area contributed by atoms with E-state index in [-0.39, 0.29) is 0 Å². The second kappa shape index (κ2) is 11.8. The van der Waals surface area contributed by atoms with Gasteiger partial charge in [-0.25, -0.2) is 9.13 Å². The number of nitrogens with zero attached hydrogens (tertiary/aromatic N) is 2. The lowest BCUT2D eigenvalue weighted by molar-refractivity contribution is -0.698. The fraction of sp³-hybridized carbons (Fsp3) is 0.545. The summed E-state index contributed by atoms with van der Waals surface area (Å²) in [5.41, 5.74) is 5.24. The molecule has 2 aromatic rings. The van der Waals surface area contributed by atoms with Crippen LogP contribution in [0.1, 0.15) is 22.3 Å². The summed E-state index contributed by atoms with van der Waals surface area (Å²) in [5, 5.41) is 0. The van der Waals surface area contributed by atoms with Gasteiger partial charge in [-0.2, -0.15) is 0 Å². The van der Waals surface area contributed by atoms with Crippen LogP contribution in [-0.4, -0.2) is 39.6 Å². The molecule has 2 heterocycles. The molecular formula is C22H34N2O3+2. The van der Waals surface area contributed by atoms with Crippen LogP contribution in [0.25, 0.3) is 0 Å². The number of aryl methyl sites for hydroxylation is 4. The molecule has 2 aromatic heterocycles. The van der Waals surface area contributed by atoms with E-state index in [4.69, 9.17) is 14.2 Å². The van der Waals surface area contributed by atoms with Gasteiger partial charge < -0.3 is 14.2 Å². The molecule has 0 fully saturated rings. The Morgan fingerprint density at radius 1 is 0.556 bits per heavy atom. The molecule has 0 atom stereocenters. The van der Waals surface area contributed by atoms with Crippen molar-refractivity contribution in [3.8, 4) is 0 Å². The zero-order valence-electron chi connectivity index (χ0n) is 17.2. The van der Waals surface area contributed by atoms with Crippen molar-refractivity contribution in [1.82, 2.24) is 0 Å². The molecule has 0 N–H and O–H groups in total. The minimum Gasteiger partial charge on any atom is -0.377 e. The van der Waals surface area contributed by atoms with Crippen LogP contribution in [0, 0.1) is 27.7 Å². The van der Waals surface area contributed by atoms with E-state index in [0.29, 0.717) is 39.6 Å². The van der Waals surface area contributed by atoms with Crippen molar-refractivity contribution in [3.63, 3.8) is 0 Å². The second-order valence-electron chi connectivity index (χ2n) is 6.93. The Balaban J connectivity index is 1.42. The average Bonchev–Trinajstić information content (AvgIpc) is 2.65. The molecule has 0 saturated heterocycles. The average molecular weight is 375 g/mol. The third-order valence-corrected chi connectivity index (χ3v) is 4.73. The van der Waals surface area contributed by atoms with Crippen LogP contribution in [0.5, 0.6) is 0 Å². The Morgan fingerprint density at radius 3 is 1.30 bits per heavy atom. The van der Waals surface area contributed by atoms with E-state index in [1.165, 1.54) is 22.3 Å². The number of ether oxygens (including phenoxy) is 3. The van der Waals surface area contributed by atoms with Gasteiger partial charge in [-0.3, -0.25) is 0 Å². The lowest BCUT2D eigenvalue weighted by Gasteiger charge is -2.06. The maximum absolute atomic E-state index is 5.62. The summed E-state index contributed by atoms with van der Waals surface area (Å²) in [6.07, 6.45) is 8.50. The normalized spacial score (nSPS) is 11.1. The first-order valence-electron chi connectivity index (χ1n) is 9.72. The molecular weight excluding hydrogens is 340 g/mol. The predicted molar refractivity (Wildman–Crippen MR) is 105 cm³/mol. The molecule has 0 spiro atoms. The minimum absolute atomic E-state index is 0.604. The van der Waals surface area contributed by atoms with E-state index in [2.05, 4.69) is 73.7 Å². The van der Waals surface area contributed by atoms with E-state index >= 15 is 0 Å². The maximum atomic E-state index is 5.62. The van der Waals surface area contributed by atoms with Crippen LogP contribution in [0.15, 0.2) is 36.9 Å². The SMILES string of the molecule is Cc1cc[n+](CCOCCOCCOCC[n+]2ccc(C)c(C)c2)cc1C. The highest BCUT2D eigenvalue weighted by molar-refractivity contribution is 5.17. The first-order chi connectivity index (χ1) is 13.1. The molecule has 0 amide bonds. The molecule has 0 aliphatic rings. The number of rotatable bonds is 12. The summed E-state index contributed by atoms with van der Waals surface area (Å²) in [4.78, 5) is 0. The van der Waals surface area contributed by atoms with Gasteiger partial charge in [0, 0.05) is 23.3 Å². The standard InChI is InChI=1S/C22H34N2O3/c1-19-5-7-23(17-21(19)3)9-11-25-13-15-27-16-14-26-12-10-24-8-6-20(2)22(4)18-24/h5-8,17-18H,9-16H2,1-4H3/q+2. The molecule has 0 radical (unpaired) electrons. The monoisotopic (exact) mass is 374 g/mol. The van der Waals surface area contributed by atoms with Gasteiger partial charge >= 0.3 is 0 Å². The molecule has 148 valence electrons.